The van der Waals surface area contributed by atoms with Crippen LogP contribution in [0.4, 0.5) is 4.79 Å². The lowest BCUT2D eigenvalue weighted by Gasteiger charge is -2.15. The van der Waals surface area contributed by atoms with Gasteiger partial charge in [0.1, 0.15) is 6.61 Å². The molecule has 5 nitrogen and oxygen atoms in total. The van der Waals surface area contributed by atoms with Crippen LogP contribution in [0.2, 0.25) is 0 Å². The molecular formula is C20H25NO4. The maximum absolute atomic E-state index is 11.7. The molecule has 1 aliphatic carbocycles. The van der Waals surface area contributed by atoms with E-state index < -0.39 is 0 Å². The minimum Gasteiger partial charge on any atom is -0.449 e. The van der Waals surface area contributed by atoms with Gasteiger partial charge in [0.25, 0.3) is 0 Å². The minimum atomic E-state index is -0.355. The third-order valence-corrected chi connectivity index (χ3v) is 3.85. The molecule has 1 amide bonds. The standard InChI is InChI=1S/C18H19NO2.C2H6O2/c1-12(2)19-18(20)21-11-17-15-9-5-3-7-13(15)14-8-4-6-10-16(14)17;3-1-2-4/h3-10,12,17H,11H2,1-2H3,(H,19,20);3-4H,1-2H2. The van der Waals surface area contributed by atoms with Crippen LogP contribution in [0.3, 0.4) is 0 Å². The molecule has 0 radical (unpaired) electrons. The van der Waals surface area contributed by atoms with Crippen LogP contribution in [0.25, 0.3) is 11.1 Å². The van der Waals surface area contributed by atoms with Crippen LogP contribution in [0, 0.1) is 0 Å². The number of aliphatic hydroxyl groups is 2. The van der Waals surface area contributed by atoms with Crippen molar-refractivity contribution in [1.82, 2.24) is 5.32 Å². The number of rotatable bonds is 4. The molecular weight excluding hydrogens is 318 g/mol. The molecule has 0 fully saturated rings. The van der Waals surface area contributed by atoms with Crippen molar-refractivity contribution in [2.24, 2.45) is 0 Å². The number of amides is 1. The summed E-state index contributed by atoms with van der Waals surface area (Å²) >= 11 is 0. The second-order valence-corrected chi connectivity index (χ2v) is 6.07. The van der Waals surface area contributed by atoms with E-state index in [-0.39, 0.29) is 31.3 Å². The molecule has 0 saturated carbocycles. The zero-order valence-corrected chi connectivity index (χ0v) is 14.6. The summed E-state index contributed by atoms with van der Waals surface area (Å²) in [5.74, 6) is 0.121. The lowest BCUT2D eigenvalue weighted by molar-refractivity contribution is 0.140. The van der Waals surface area contributed by atoms with Crippen LogP contribution in [-0.2, 0) is 4.74 Å². The molecule has 3 rings (SSSR count). The van der Waals surface area contributed by atoms with Gasteiger partial charge >= 0.3 is 6.09 Å². The van der Waals surface area contributed by atoms with Crippen molar-refractivity contribution in [3.8, 4) is 11.1 Å². The molecule has 0 aliphatic heterocycles. The number of fused-ring (bicyclic) bond motifs is 3. The van der Waals surface area contributed by atoms with Crippen molar-refractivity contribution in [2.75, 3.05) is 19.8 Å². The number of hydrogen-bond acceptors (Lipinski definition) is 4. The summed E-state index contributed by atoms with van der Waals surface area (Å²) in [4.78, 5) is 11.7. The fraction of sp³-hybridized carbons (Fsp3) is 0.350. The van der Waals surface area contributed by atoms with E-state index >= 15 is 0 Å². The Bertz CT molecular complexity index is 652. The summed E-state index contributed by atoms with van der Waals surface area (Å²) in [6.07, 6.45) is -0.355. The van der Waals surface area contributed by atoms with Gasteiger partial charge in [-0.3, -0.25) is 0 Å². The second-order valence-electron chi connectivity index (χ2n) is 6.07. The molecule has 25 heavy (non-hydrogen) atoms. The molecule has 3 N–H and O–H groups in total. The second kappa shape index (κ2) is 9.20. The number of carbonyl (C=O) groups is 1. The summed E-state index contributed by atoms with van der Waals surface area (Å²) in [5, 5.41) is 18.0. The molecule has 0 bridgehead atoms. The maximum Gasteiger partial charge on any atom is 0.407 e. The Labute approximate surface area is 148 Å². The fourth-order valence-corrected chi connectivity index (χ4v) is 2.88. The molecule has 2 aromatic carbocycles. The molecule has 0 saturated heterocycles. The van der Waals surface area contributed by atoms with Gasteiger partial charge in [0.2, 0.25) is 0 Å². The van der Waals surface area contributed by atoms with Gasteiger partial charge in [-0.15, -0.1) is 0 Å². The molecule has 0 heterocycles. The smallest absolute Gasteiger partial charge is 0.407 e. The van der Waals surface area contributed by atoms with Gasteiger partial charge in [-0.1, -0.05) is 48.5 Å². The molecule has 0 aromatic heterocycles. The average molecular weight is 343 g/mol. The number of benzene rings is 2. The number of ether oxygens (including phenoxy) is 1. The van der Waals surface area contributed by atoms with E-state index in [1.54, 1.807) is 0 Å². The van der Waals surface area contributed by atoms with Crippen molar-refractivity contribution in [3.63, 3.8) is 0 Å². The van der Waals surface area contributed by atoms with Gasteiger partial charge in [-0.05, 0) is 36.1 Å². The first kappa shape index (κ1) is 19.0. The van der Waals surface area contributed by atoms with Crippen molar-refractivity contribution < 1.29 is 19.7 Å². The summed E-state index contributed by atoms with van der Waals surface area (Å²) in [6, 6.07) is 16.7. The molecule has 2 aromatic rings. The predicted octanol–water partition coefficient (Wildman–Crippen LogP) is 2.90. The molecule has 5 heteroatoms. The average Bonchev–Trinajstić information content (AvgIpc) is 2.94. The van der Waals surface area contributed by atoms with Gasteiger partial charge in [-0.2, -0.15) is 0 Å². The third kappa shape index (κ3) is 4.81. The van der Waals surface area contributed by atoms with Crippen LogP contribution >= 0.6 is 0 Å². The van der Waals surface area contributed by atoms with Crippen molar-refractivity contribution in [2.45, 2.75) is 25.8 Å². The van der Waals surface area contributed by atoms with Crippen LogP contribution in [-0.4, -0.2) is 42.2 Å². The van der Waals surface area contributed by atoms with Crippen molar-refractivity contribution >= 4 is 6.09 Å². The van der Waals surface area contributed by atoms with Gasteiger partial charge in [0.15, 0.2) is 0 Å². The highest BCUT2D eigenvalue weighted by Gasteiger charge is 2.28. The van der Waals surface area contributed by atoms with Crippen LogP contribution in [0.5, 0.6) is 0 Å². The first-order valence-electron chi connectivity index (χ1n) is 8.41. The topological polar surface area (TPSA) is 78.8 Å². The largest absolute Gasteiger partial charge is 0.449 e. The highest BCUT2D eigenvalue weighted by atomic mass is 16.5. The molecule has 0 atom stereocenters. The van der Waals surface area contributed by atoms with Crippen molar-refractivity contribution in [1.29, 1.82) is 0 Å². The normalized spacial score (nSPS) is 12.0. The number of nitrogens with one attached hydrogen (secondary N) is 1. The van der Waals surface area contributed by atoms with Crippen LogP contribution < -0.4 is 5.32 Å². The number of alkyl carbamates (subject to hydrolysis) is 1. The molecule has 0 spiro atoms. The number of aliphatic hydroxyl groups excluding tert-OH is 2. The van der Waals surface area contributed by atoms with E-state index in [1.165, 1.54) is 22.3 Å². The molecule has 0 unspecified atom stereocenters. The monoisotopic (exact) mass is 343 g/mol. The highest BCUT2D eigenvalue weighted by molar-refractivity contribution is 5.79. The Morgan fingerprint density at radius 2 is 1.48 bits per heavy atom. The van der Waals surface area contributed by atoms with Crippen molar-refractivity contribution in [3.05, 3.63) is 59.7 Å². The van der Waals surface area contributed by atoms with Gasteiger partial charge in [0, 0.05) is 12.0 Å². The summed E-state index contributed by atoms with van der Waals surface area (Å²) < 4.78 is 5.40. The quantitative estimate of drug-likeness (QED) is 0.797. The highest BCUT2D eigenvalue weighted by Crippen LogP contribution is 2.44. The first-order valence-corrected chi connectivity index (χ1v) is 8.41. The Hall–Kier alpha value is -2.37. The Balaban J connectivity index is 0.000000511. The van der Waals surface area contributed by atoms with E-state index in [2.05, 4.69) is 29.6 Å². The Morgan fingerprint density at radius 1 is 1.00 bits per heavy atom. The molecule has 1 aliphatic rings. The maximum atomic E-state index is 11.7. The van der Waals surface area contributed by atoms with Crippen LogP contribution in [0.15, 0.2) is 48.5 Å². The lowest BCUT2D eigenvalue weighted by atomic mass is 9.98. The Morgan fingerprint density at radius 3 is 1.92 bits per heavy atom. The Kier molecular flexibility index (Phi) is 6.98. The number of hydrogen-bond donors (Lipinski definition) is 3. The third-order valence-electron chi connectivity index (χ3n) is 3.85. The zero-order valence-electron chi connectivity index (χ0n) is 14.6. The predicted molar refractivity (Wildman–Crippen MR) is 97.5 cm³/mol. The first-order chi connectivity index (χ1) is 12.1. The minimum absolute atomic E-state index is 0.0839. The molecule has 134 valence electrons. The van der Waals surface area contributed by atoms with E-state index in [1.807, 2.05) is 38.1 Å². The van der Waals surface area contributed by atoms with E-state index in [4.69, 9.17) is 14.9 Å². The SMILES string of the molecule is CC(C)NC(=O)OCC1c2ccccc2-c2ccccc21.OCCO. The summed E-state index contributed by atoms with van der Waals surface area (Å²) in [6.45, 7) is 3.95. The summed E-state index contributed by atoms with van der Waals surface area (Å²) in [5.41, 5.74) is 4.95. The van der Waals surface area contributed by atoms with Gasteiger partial charge in [0.05, 0.1) is 13.2 Å². The van der Waals surface area contributed by atoms with Crippen LogP contribution in [0.1, 0.15) is 30.9 Å². The van der Waals surface area contributed by atoms with Gasteiger partial charge in [-0.25, -0.2) is 4.79 Å². The van der Waals surface area contributed by atoms with E-state index in [9.17, 15) is 4.79 Å². The van der Waals surface area contributed by atoms with E-state index in [0.29, 0.717) is 6.61 Å². The fourth-order valence-electron chi connectivity index (χ4n) is 2.88. The lowest BCUT2D eigenvalue weighted by Crippen LogP contribution is -2.31. The van der Waals surface area contributed by atoms with Gasteiger partial charge < -0.3 is 20.3 Å². The zero-order chi connectivity index (χ0) is 18.2. The van der Waals surface area contributed by atoms with E-state index in [0.717, 1.165) is 0 Å². The number of carbonyl (C=O) groups excluding carboxylic acids is 1. The summed E-state index contributed by atoms with van der Waals surface area (Å²) in [7, 11) is 0.